The van der Waals surface area contributed by atoms with E-state index in [1.54, 1.807) is 0 Å². The van der Waals surface area contributed by atoms with Gasteiger partial charge in [-0.15, -0.1) is 10.2 Å². The molecule has 0 aliphatic heterocycles. The number of amides is 1. The number of rotatable bonds is 5. The molecular weight excluding hydrogens is 376 g/mol. The maximum atomic E-state index is 13.4. The van der Waals surface area contributed by atoms with Gasteiger partial charge in [0.15, 0.2) is 0 Å². The van der Waals surface area contributed by atoms with Crippen molar-refractivity contribution in [3.63, 3.8) is 0 Å². The van der Waals surface area contributed by atoms with E-state index >= 15 is 0 Å². The van der Waals surface area contributed by atoms with E-state index in [0.717, 1.165) is 5.56 Å². The Morgan fingerprint density at radius 1 is 0.828 bits per heavy atom. The van der Waals surface area contributed by atoms with Crippen LogP contribution in [0, 0.1) is 11.6 Å². The quantitative estimate of drug-likeness (QED) is 0.543. The van der Waals surface area contributed by atoms with Crippen LogP contribution < -0.4 is 5.32 Å². The van der Waals surface area contributed by atoms with E-state index in [-0.39, 0.29) is 11.5 Å². The fraction of sp³-hybridized carbons (Fsp3) is 0.0455. The topological polar surface area (TPSA) is 68.0 Å². The molecule has 0 aliphatic rings. The first-order valence-electron chi connectivity index (χ1n) is 8.81. The number of halogens is 2. The maximum Gasteiger partial charge on any atom is 0.252 e. The van der Waals surface area contributed by atoms with Crippen LogP contribution in [0.3, 0.4) is 0 Å². The van der Waals surface area contributed by atoms with Gasteiger partial charge in [0.25, 0.3) is 5.91 Å². The van der Waals surface area contributed by atoms with Gasteiger partial charge >= 0.3 is 0 Å². The lowest BCUT2D eigenvalue weighted by molar-refractivity contribution is 0.0938. The van der Waals surface area contributed by atoms with Gasteiger partial charge < -0.3 is 9.73 Å². The largest absolute Gasteiger partial charge is 0.418 e. The molecule has 29 heavy (non-hydrogen) atoms. The first kappa shape index (κ1) is 18.5. The van der Waals surface area contributed by atoms with Crippen molar-refractivity contribution in [2.45, 2.75) is 6.04 Å². The van der Waals surface area contributed by atoms with E-state index in [4.69, 9.17) is 4.42 Å². The van der Waals surface area contributed by atoms with E-state index in [2.05, 4.69) is 15.5 Å². The molecule has 0 bridgehead atoms. The van der Waals surface area contributed by atoms with Gasteiger partial charge in [0, 0.05) is 11.1 Å². The number of benzene rings is 3. The Kier molecular flexibility index (Phi) is 5.11. The minimum atomic E-state index is -0.807. The van der Waals surface area contributed by atoms with Crippen LogP contribution in [0.15, 0.2) is 83.3 Å². The summed E-state index contributed by atoms with van der Waals surface area (Å²) in [7, 11) is 0. The predicted molar refractivity (Wildman–Crippen MR) is 102 cm³/mol. The predicted octanol–water partition coefficient (Wildman–Crippen LogP) is 4.53. The monoisotopic (exact) mass is 391 g/mol. The first-order valence-corrected chi connectivity index (χ1v) is 8.81. The second-order valence-corrected chi connectivity index (χ2v) is 6.28. The van der Waals surface area contributed by atoms with Gasteiger partial charge in [-0.25, -0.2) is 8.78 Å². The summed E-state index contributed by atoms with van der Waals surface area (Å²) >= 11 is 0. The highest BCUT2D eigenvalue weighted by atomic mass is 19.1. The number of nitrogens with zero attached hydrogens (tertiary/aromatic N) is 2. The average molecular weight is 391 g/mol. The molecule has 5 nitrogen and oxygen atoms in total. The summed E-state index contributed by atoms with van der Waals surface area (Å²) in [4.78, 5) is 12.7. The minimum absolute atomic E-state index is 0.144. The summed E-state index contributed by atoms with van der Waals surface area (Å²) in [5, 5.41) is 10.9. The van der Waals surface area contributed by atoms with Crippen molar-refractivity contribution in [1.29, 1.82) is 0 Å². The molecule has 1 N–H and O–H groups in total. The smallest absolute Gasteiger partial charge is 0.252 e. The lowest BCUT2D eigenvalue weighted by atomic mass is 10.1. The first-order chi connectivity index (χ1) is 14.1. The van der Waals surface area contributed by atoms with Crippen LogP contribution >= 0.6 is 0 Å². The van der Waals surface area contributed by atoms with E-state index in [1.807, 2.05) is 30.3 Å². The molecule has 1 amide bonds. The fourth-order valence-electron chi connectivity index (χ4n) is 2.81. The Bertz CT molecular complexity index is 1110. The number of hydrogen-bond donors (Lipinski definition) is 1. The van der Waals surface area contributed by atoms with E-state index < -0.39 is 23.6 Å². The second-order valence-electron chi connectivity index (χ2n) is 6.28. The zero-order chi connectivity index (χ0) is 20.2. The van der Waals surface area contributed by atoms with Crippen LogP contribution in [0.4, 0.5) is 8.78 Å². The van der Waals surface area contributed by atoms with Crippen molar-refractivity contribution in [2.75, 3.05) is 0 Å². The molecule has 144 valence electrons. The molecule has 0 unspecified atom stereocenters. The Morgan fingerprint density at radius 3 is 2.10 bits per heavy atom. The van der Waals surface area contributed by atoms with Crippen LogP contribution in [0.1, 0.15) is 27.9 Å². The van der Waals surface area contributed by atoms with Gasteiger partial charge in [-0.05, 0) is 54.1 Å². The molecule has 7 heteroatoms. The highest BCUT2D eigenvalue weighted by Gasteiger charge is 2.24. The third kappa shape index (κ3) is 4.19. The average Bonchev–Trinajstić information content (AvgIpc) is 3.24. The zero-order valence-electron chi connectivity index (χ0n) is 15.0. The third-order valence-corrected chi connectivity index (χ3v) is 4.29. The van der Waals surface area contributed by atoms with Crippen molar-refractivity contribution < 1.29 is 18.0 Å². The Hall–Kier alpha value is -3.87. The Labute approximate surface area is 165 Å². The summed E-state index contributed by atoms with van der Waals surface area (Å²) in [5.74, 6) is -0.873. The normalized spacial score (nSPS) is 11.8. The third-order valence-electron chi connectivity index (χ3n) is 4.29. The molecule has 0 radical (unpaired) electrons. The fourth-order valence-corrected chi connectivity index (χ4v) is 2.81. The molecular formula is C22H15F2N3O2. The molecule has 0 saturated heterocycles. The molecule has 1 aromatic heterocycles. The number of carbonyl (C=O) groups is 1. The zero-order valence-corrected chi connectivity index (χ0v) is 15.0. The summed E-state index contributed by atoms with van der Waals surface area (Å²) in [6.45, 7) is 0. The molecule has 3 aromatic carbocycles. The molecule has 4 aromatic rings. The van der Waals surface area contributed by atoms with Crippen LogP contribution in [0.2, 0.25) is 0 Å². The molecule has 0 spiro atoms. The Balaban J connectivity index is 1.67. The second kappa shape index (κ2) is 8.02. The van der Waals surface area contributed by atoms with Gasteiger partial charge in [-0.2, -0.15) is 0 Å². The van der Waals surface area contributed by atoms with Crippen molar-refractivity contribution in [3.05, 3.63) is 108 Å². The standard InChI is InChI=1S/C22H15F2N3O2/c23-17-10-6-14(7-11-17)19(25-20(28)15-8-12-18(24)13-9-15)22-27-26-21(29-22)16-4-2-1-3-5-16/h1-13,19H,(H,25,28)/t19-/m0/s1. The summed E-state index contributed by atoms with van der Waals surface area (Å²) in [6.07, 6.45) is 0. The highest BCUT2D eigenvalue weighted by Crippen LogP contribution is 2.25. The number of aromatic nitrogens is 2. The summed E-state index contributed by atoms with van der Waals surface area (Å²) in [6, 6.07) is 19.1. The maximum absolute atomic E-state index is 13.4. The lowest BCUT2D eigenvalue weighted by Crippen LogP contribution is -2.29. The molecule has 0 fully saturated rings. The lowest BCUT2D eigenvalue weighted by Gasteiger charge is -2.16. The van der Waals surface area contributed by atoms with Crippen LogP contribution in [0.5, 0.6) is 0 Å². The van der Waals surface area contributed by atoms with E-state index in [0.29, 0.717) is 11.5 Å². The van der Waals surface area contributed by atoms with Crippen LogP contribution in [-0.2, 0) is 0 Å². The highest BCUT2D eigenvalue weighted by molar-refractivity contribution is 5.94. The van der Waals surface area contributed by atoms with Gasteiger partial charge in [-0.1, -0.05) is 30.3 Å². The summed E-state index contributed by atoms with van der Waals surface area (Å²) in [5.41, 5.74) is 1.56. The van der Waals surface area contributed by atoms with Crippen molar-refractivity contribution in [1.82, 2.24) is 15.5 Å². The molecule has 0 aliphatic carbocycles. The molecule has 0 saturated carbocycles. The van der Waals surface area contributed by atoms with Gasteiger partial charge in [0.05, 0.1) is 0 Å². The van der Waals surface area contributed by atoms with Gasteiger partial charge in [0.1, 0.15) is 17.7 Å². The number of nitrogens with one attached hydrogen (secondary N) is 1. The minimum Gasteiger partial charge on any atom is -0.418 e. The van der Waals surface area contributed by atoms with Crippen molar-refractivity contribution in [2.24, 2.45) is 0 Å². The molecule has 1 heterocycles. The Morgan fingerprint density at radius 2 is 1.45 bits per heavy atom. The van der Waals surface area contributed by atoms with E-state index in [9.17, 15) is 13.6 Å². The SMILES string of the molecule is O=C(N[C@@H](c1ccc(F)cc1)c1nnc(-c2ccccc2)o1)c1ccc(F)cc1. The van der Waals surface area contributed by atoms with Crippen molar-refractivity contribution >= 4 is 5.91 Å². The summed E-state index contributed by atoms with van der Waals surface area (Å²) < 4.78 is 32.3. The molecule has 1 atom stereocenters. The van der Waals surface area contributed by atoms with Crippen molar-refractivity contribution in [3.8, 4) is 11.5 Å². The van der Waals surface area contributed by atoms with Gasteiger partial charge in [0.2, 0.25) is 11.8 Å². The number of hydrogen-bond acceptors (Lipinski definition) is 4. The number of carbonyl (C=O) groups excluding carboxylic acids is 1. The van der Waals surface area contributed by atoms with Crippen LogP contribution in [0.25, 0.3) is 11.5 Å². The molecule has 4 rings (SSSR count). The van der Waals surface area contributed by atoms with Gasteiger partial charge in [-0.3, -0.25) is 4.79 Å². The van der Waals surface area contributed by atoms with E-state index in [1.165, 1.54) is 48.5 Å². The van der Waals surface area contributed by atoms with Crippen LogP contribution in [-0.4, -0.2) is 16.1 Å².